The van der Waals surface area contributed by atoms with Crippen LogP contribution in [0.5, 0.6) is 0 Å². The Balaban J connectivity index is 1.74. The summed E-state index contributed by atoms with van der Waals surface area (Å²) in [5, 5.41) is 9.22. The van der Waals surface area contributed by atoms with E-state index in [-0.39, 0.29) is 37.0 Å². The molecule has 2 bridgehead atoms. The molecule has 0 radical (unpaired) electrons. The highest BCUT2D eigenvalue weighted by molar-refractivity contribution is 5.98. The van der Waals surface area contributed by atoms with E-state index in [2.05, 4.69) is 13.5 Å². The summed E-state index contributed by atoms with van der Waals surface area (Å²) in [4.78, 5) is 45.4. The number of likely N-dealkylation sites (tertiary alicyclic amines) is 1. The molecule has 1 aliphatic carbocycles. The number of carbonyl (C=O) groups is 3. The standard InChI is InChI=1S/C28H44N2O6/c1-5-15-29(20-13-9-7-10-14-20)25(33)23-28-18-19(3)27(4,36-28)22(26(34)35-6-2)21(28)24(32)30(23)16-11-8-12-17-31/h5,19-23,31H,1,6-18H2,2-4H3/t19?,21-,22-,23?,27+,28?/m0/s1. The van der Waals surface area contributed by atoms with Crippen LogP contribution in [-0.4, -0.2) is 82.3 Å². The molecule has 3 unspecified atom stereocenters. The molecule has 3 heterocycles. The van der Waals surface area contributed by atoms with Gasteiger partial charge in [0, 0.05) is 25.7 Å². The van der Waals surface area contributed by atoms with Crippen LogP contribution < -0.4 is 0 Å². The smallest absolute Gasteiger partial charge is 0.312 e. The Morgan fingerprint density at radius 3 is 2.61 bits per heavy atom. The molecule has 4 rings (SSSR count). The molecular weight excluding hydrogens is 460 g/mol. The van der Waals surface area contributed by atoms with E-state index in [1.807, 2.05) is 11.8 Å². The van der Waals surface area contributed by atoms with E-state index in [4.69, 9.17) is 9.47 Å². The van der Waals surface area contributed by atoms with Crippen molar-refractivity contribution in [1.29, 1.82) is 0 Å². The minimum atomic E-state index is -1.04. The van der Waals surface area contributed by atoms with Gasteiger partial charge < -0.3 is 24.4 Å². The molecule has 1 N–H and O–H groups in total. The first-order valence-electron chi connectivity index (χ1n) is 14.0. The van der Waals surface area contributed by atoms with Gasteiger partial charge in [0.1, 0.15) is 17.6 Å². The Labute approximate surface area is 215 Å². The van der Waals surface area contributed by atoms with Crippen molar-refractivity contribution in [1.82, 2.24) is 9.80 Å². The van der Waals surface area contributed by atoms with E-state index in [0.29, 0.717) is 32.4 Å². The third kappa shape index (κ3) is 4.28. The molecule has 6 atom stereocenters. The fourth-order valence-corrected chi connectivity index (χ4v) is 7.53. The third-order valence-electron chi connectivity index (χ3n) is 9.27. The molecule has 8 nitrogen and oxygen atoms in total. The summed E-state index contributed by atoms with van der Waals surface area (Å²) < 4.78 is 12.2. The highest BCUT2D eigenvalue weighted by Gasteiger charge is 2.80. The lowest BCUT2D eigenvalue weighted by Crippen LogP contribution is -2.58. The predicted molar refractivity (Wildman–Crippen MR) is 135 cm³/mol. The molecule has 2 amide bonds. The summed E-state index contributed by atoms with van der Waals surface area (Å²) in [6, 6.07) is -0.645. The summed E-state index contributed by atoms with van der Waals surface area (Å²) >= 11 is 0. The highest BCUT2D eigenvalue weighted by atomic mass is 16.6. The van der Waals surface area contributed by atoms with Gasteiger partial charge in [0.25, 0.3) is 0 Å². The molecular formula is C28H44N2O6. The van der Waals surface area contributed by atoms with E-state index in [9.17, 15) is 19.5 Å². The molecule has 36 heavy (non-hydrogen) atoms. The van der Waals surface area contributed by atoms with Crippen LogP contribution in [-0.2, 0) is 23.9 Å². The number of fused-ring (bicyclic) bond motifs is 1. The lowest BCUT2D eigenvalue weighted by molar-refractivity contribution is -0.162. The van der Waals surface area contributed by atoms with Gasteiger partial charge in [-0.2, -0.15) is 0 Å². The Hall–Kier alpha value is -1.93. The number of esters is 1. The molecule has 1 spiro atoms. The van der Waals surface area contributed by atoms with Crippen LogP contribution >= 0.6 is 0 Å². The van der Waals surface area contributed by atoms with Crippen molar-refractivity contribution in [2.24, 2.45) is 17.8 Å². The van der Waals surface area contributed by atoms with E-state index >= 15 is 0 Å². The maximum absolute atomic E-state index is 14.5. The van der Waals surface area contributed by atoms with Gasteiger partial charge in [-0.3, -0.25) is 14.4 Å². The SMILES string of the molecule is C=CCN(C(=O)C1N(CCCCCO)C(=O)[C@@H]2[C@@H](C(=O)OCC)[C@]3(C)OC12CC3C)C1CCCCC1. The predicted octanol–water partition coefficient (Wildman–Crippen LogP) is 3.07. The molecule has 4 aliphatic rings. The first-order chi connectivity index (χ1) is 17.3. The maximum atomic E-state index is 14.5. The minimum absolute atomic E-state index is 0.00290. The van der Waals surface area contributed by atoms with Gasteiger partial charge in [-0.25, -0.2) is 0 Å². The van der Waals surface area contributed by atoms with Crippen LogP contribution in [0.3, 0.4) is 0 Å². The number of unbranched alkanes of at least 4 members (excludes halogenated alkanes) is 2. The van der Waals surface area contributed by atoms with Gasteiger partial charge in [0.2, 0.25) is 11.8 Å². The van der Waals surface area contributed by atoms with Crippen molar-refractivity contribution in [3.63, 3.8) is 0 Å². The Kier molecular flexibility index (Phi) is 8.15. The fourth-order valence-electron chi connectivity index (χ4n) is 7.53. The number of hydrogen-bond acceptors (Lipinski definition) is 6. The molecule has 0 aromatic heterocycles. The normalized spacial score (nSPS) is 35.7. The number of aliphatic hydroxyl groups excluding tert-OH is 1. The topological polar surface area (TPSA) is 96.4 Å². The Bertz CT molecular complexity index is 857. The van der Waals surface area contributed by atoms with Crippen LogP contribution in [0.15, 0.2) is 12.7 Å². The number of rotatable bonds is 11. The summed E-state index contributed by atoms with van der Waals surface area (Å²) in [7, 11) is 0. The largest absolute Gasteiger partial charge is 0.466 e. The monoisotopic (exact) mass is 504 g/mol. The summed E-state index contributed by atoms with van der Waals surface area (Å²) in [5.41, 5.74) is -1.88. The fraction of sp³-hybridized carbons (Fsp3) is 0.821. The van der Waals surface area contributed by atoms with Crippen molar-refractivity contribution in [2.75, 3.05) is 26.3 Å². The number of amides is 2. The zero-order valence-corrected chi connectivity index (χ0v) is 22.2. The summed E-state index contributed by atoms with van der Waals surface area (Å²) in [6.07, 6.45) is 9.67. The van der Waals surface area contributed by atoms with E-state index in [1.54, 1.807) is 17.9 Å². The number of nitrogens with zero attached hydrogens (tertiary/aromatic N) is 2. The van der Waals surface area contributed by atoms with E-state index in [0.717, 1.165) is 32.1 Å². The van der Waals surface area contributed by atoms with Crippen molar-refractivity contribution >= 4 is 17.8 Å². The molecule has 8 heteroatoms. The molecule has 1 saturated carbocycles. The molecule has 0 aromatic rings. The van der Waals surface area contributed by atoms with Crippen molar-refractivity contribution < 1.29 is 29.0 Å². The average molecular weight is 505 g/mol. The molecule has 202 valence electrons. The second kappa shape index (κ2) is 10.8. The van der Waals surface area contributed by atoms with E-state index in [1.165, 1.54) is 6.42 Å². The van der Waals surface area contributed by atoms with Crippen LogP contribution in [0.2, 0.25) is 0 Å². The molecule has 0 aromatic carbocycles. The number of carbonyl (C=O) groups excluding carboxylic acids is 3. The van der Waals surface area contributed by atoms with Crippen LogP contribution in [0.4, 0.5) is 0 Å². The molecule has 4 fully saturated rings. The van der Waals surface area contributed by atoms with Gasteiger partial charge in [-0.15, -0.1) is 6.58 Å². The minimum Gasteiger partial charge on any atom is -0.466 e. The van der Waals surface area contributed by atoms with Gasteiger partial charge in [-0.1, -0.05) is 32.3 Å². The Morgan fingerprint density at radius 1 is 1.25 bits per heavy atom. The first-order valence-corrected chi connectivity index (χ1v) is 14.0. The van der Waals surface area contributed by atoms with Crippen LogP contribution in [0.25, 0.3) is 0 Å². The Morgan fingerprint density at radius 2 is 1.97 bits per heavy atom. The van der Waals surface area contributed by atoms with Gasteiger partial charge >= 0.3 is 5.97 Å². The van der Waals surface area contributed by atoms with Crippen LogP contribution in [0.1, 0.15) is 78.6 Å². The lowest BCUT2D eigenvalue weighted by atomic mass is 9.62. The summed E-state index contributed by atoms with van der Waals surface area (Å²) in [5.74, 6) is -2.11. The third-order valence-corrected chi connectivity index (χ3v) is 9.27. The average Bonchev–Trinajstić information content (AvgIpc) is 3.37. The van der Waals surface area contributed by atoms with Crippen molar-refractivity contribution in [3.8, 4) is 0 Å². The van der Waals surface area contributed by atoms with E-state index < -0.39 is 35.0 Å². The zero-order valence-electron chi connectivity index (χ0n) is 22.2. The second-order valence-electron chi connectivity index (χ2n) is 11.3. The number of ether oxygens (including phenoxy) is 2. The van der Waals surface area contributed by atoms with Gasteiger partial charge in [0.05, 0.1) is 18.1 Å². The zero-order chi connectivity index (χ0) is 26.1. The highest BCUT2D eigenvalue weighted by Crippen LogP contribution is 2.65. The first kappa shape index (κ1) is 27.1. The van der Waals surface area contributed by atoms with Gasteiger partial charge in [0.15, 0.2) is 0 Å². The van der Waals surface area contributed by atoms with Gasteiger partial charge in [-0.05, 0) is 58.3 Å². The number of aliphatic hydroxyl groups is 1. The molecule has 3 aliphatic heterocycles. The van der Waals surface area contributed by atoms with Crippen molar-refractivity contribution in [2.45, 2.75) is 102 Å². The summed E-state index contributed by atoms with van der Waals surface area (Å²) in [6.45, 7) is 10.8. The van der Waals surface area contributed by atoms with Crippen LogP contribution in [0, 0.1) is 17.8 Å². The molecule has 3 saturated heterocycles. The van der Waals surface area contributed by atoms with Crippen molar-refractivity contribution in [3.05, 3.63) is 12.7 Å². The second-order valence-corrected chi connectivity index (χ2v) is 11.3. The lowest BCUT2D eigenvalue weighted by Gasteiger charge is -2.41. The number of hydrogen-bond donors (Lipinski definition) is 1. The quantitative estimate of drug-likeness (QED) is 0.264. The maximum Gasteiger partial charge on any atom is 0.312 e.